The average molecular weight is 336 g/mol. The van der Waals surface area contributed by atoms with Crippen molar-refractivity contribution >= 4 is 11.5 Å². The Labute approximate surface area is 150 Å². The van der Waals surface area contributed by atoms with Crippen LogP contribution in [0, 0.1) is 5.92 Å². The Morgan fingerprint density at radius 1 is 1.04 bits per heavy atom. The predicted octanol–water partition coefficient (Wildman–Crippen LogP) is 3.28. The highest BCUT2D eigenvalue weighted by Crippen LogP contribution is 2.22. The molecule has 1 saturated heterocycles. The molecular weight excluding hydrogens is 308 g/mol. The van der Waals surface area contributed by atoms with Crippen molar-refractivity contribution < 1.29 is 0 Å². The number of nitrogens with two attached hydrogens (primary N) is 2. The first-order chi connectivity index (χ1) is 12.2. The number of aliphatic imine (C=N–C) groups is 1. The van der Waals surface area contributed by atoms with Crippen LogP contribution in [0.3, 0.4) is 0 Å². The standard InChI is InChI=1S/C21H28N4/c22-20-8-4-7-19(15-20)21(23)24-12-9-17-10-13-25(14-11-17)16-18-5-2-1-3-6-18/h1-8,15,17H,9-14,16,22H2,(H2,23,24). The van der Waals surface area contributed by atoms with E-state index in [1.165, 1.54) is 31.5 Å². The molecule has 4 nitrogen and oxygen atoms in total. The molecule has 4 N–H and O–H groups in total. The van der Waals surface area contributed by atoms with Crippen molar-refractivity contribution in [2.75, 3.05) is 25.4 Å². The van der Waals surface area contributed by atoms with Gasteiger partial charge in [-0.25, -0.2) is 0 Å². The molecule has 132 valence electrons. The van der Waals surface area contributed by atoms with E-state index < -0.39 is 0 Å². The molecule has 2 aromatic rings. The van der Waals surface area contributed by atoms with Gasteiger partial charge in [-0.2, -0.15) is 0 Å². The second kappa shape index (κ2) is 8.67. The number of benzene rings is 2. The van der Waals surface area contributed by atoms with E-state index in [1.807, 2.05) is 24.3 Å². The Morgan fingerprint density at radius 2 is 1.80 bits per heavy atom. The van der Waals surface area contributed by atoms with Crippen molar-refractivity contribution in [3.8, 4) is 0 Å². The molecule has 0 aromatic heterocycles. The summed E-state index contributed by atoms with van der Waals surface area (Å²) in [4.78, 5) is 7.09. The third-order valence-electron chi connectivity index (χ3n) is 4.96. The van der Waals surface area contributed by atoms with Gasteiger partial charge in [0.1, 0.15) is 5.84 Å². The number of hydrogen-bond acceptors (Lipinski definition) is 3. The van der Waals surface area contributed by atoms with Gasteiger partial charge < -0.3 is 11.5 Å². The first-order valence-electron chi connectivity index (χ1n) is 9.13. The van der Waals surface area contributed by atoms with Crippen LogP contribution in [0.25, 0.3) is 0 Å². The summed E-state index contributed by atoms with van der Waals surface area (Å²) in [5.41, 5.74) is 14.9. The number of nitrogen functional groups attached to an aromatic ring is 1. The van der Waals surface area contributed by atoms with Gasteiger partial charge in [-0.15, -0.1) is 0 Å². The van der Waals surface area contributed by atoms with Crippen LogP contribution in [0.15, 0.2) is 59.6 Å². The van der Waals surface area contributed by atoms with Crippen LogP contribution in [-0.2, 0) is 6.54 Å². The first-order valence-corrected chi connectivity index (χ1v) is 9.13. The van der Waals surface area contributed by atoms with E-state index in [0.717, 1.165) is 36.7 Å². The van der Waals surface area contributed by atoms with Crippen molar-refractivity contribution in [1.82, 2.24) is 4.90 Å². The zero-order valence-corrected chi connectivity index (χ0v) is 14.8. The van der Waals surface area contributed by atoms with E-state index in [0.29, 0.717) is 5.84 Å². The molecule has 0 spiro atoms. The molecular formula is C21H28N4. The second-order valence-electron chi connectivity index (χ2n) is 6.89. The third-order valence-corrected chi connectivity index (χ3v) is 4.96. The number of rotatable bonds is 6. The molecule has 3 rings (SSSR count). The lowest BCUT2D eigenvalue weighted by Gasteiger charge is -2.31. The van der Waals surface area contributed by atoms with Gasteiger partial charge in [0.2, 0.25) is 0 Å². The Balaban J connectivity index is 1.41. The SMILES string of the molecule is NC(=NCCC1CCN(Cc2ccccc2)CC1)c1cccc(N)c1. The van der Waals surface area contributed by atoms with Crippen LogP contribution < -0.4 is 11.5 Å². The molecule has 0 saturated carbocycles. The average Bonchev–Trinajstić information content (AvgIpc) is 2.64. The van der Waals surface area contributed by atoms with Gasteiger partial charge in [0.15, 0.2) is 0 Å². The fraction of sp³-hybridized carbons (Fsp3) is 0.381. The Bertz CT molecular complexity index is 688. The minimum atomic E-state index is 0.591. The molecule has 4 heteroatoms. The van der Waals surface area contributed by atoms with Crippen molar-refractivity contribution in [3.05, 3.63) is 65.7 Å². The number of hydrogen-bond donors (Lipinski definition) is 2. The monoisotopic (exact) mass is 336 g/mol. The lowest BCUT2D eigenvalue weighted by atomic mass is 9.93. The van der Waals surface area contributed by atoms with Crippen LogP contribution in [0.4, 0.5) is 5.69 Å². The lowest BCUT2D eigenvalue weighted by Crippen LogP contribution is -2.33. The molecule has 0 aliphatic carbocycles. The van der Waals surface area contributed by atoms with E-state index in [2.05, 4.69) is 40.2 Å². The molecule has 2 aromatic carbocycles. The summed E-state index contributed by atoms with van der Waals surface area (Å²) in [6.07, 6.45) is 3.61. The fourth-order valence-corrected chi connectivity index (χ4v) is 3.43. The number of likely N-dealkylation sites (tertiary alicyclic amines) is 1. The fourth-order valence-electron chi connectivity index (χ4n) is 3.43. The van der Waals surface area contributed by atoms with Gasteiger partial charge >= 0.3 is 0 Å². The second-order valence-corrected chi connectivity index (χ2v) is 6.89. The van der Waals surface area contributed by atoms with Crippen LogP contribution in [0.2, 0.25) is 0 Å². The van der Waals surface area contributed by atoms with Crippen molar-refractivity contribution in [2.24, 2.45) is 16.6 Å². The maximum atomic E-state index is 6.07. The summed E-state index contributed by atoms with van der Waals surface area (Å²) in [6.45, 7) is 4.21. The highest BCUT2D eigenvalue weighted by Gasteiger charge is 2.18. The quantitative estimate of drug-likeness (QED) is 0.483. The minimum Gasteiger partial charge on any atom is -0.399 e. The zero-order chi connectivity index (χ0) is 17.5. The molecule has 1 aliphatic rings. The highest BCUT2D eigenvalue weighted by atomic mass is 15.1. The lowest BCUT2D eigenvalue weighted by molar-refractivity contribution is 0.173. The van der Waals surface area contributed by atoms with Gasteiger partial charge in [-0.1, -0.05) is 42.5 Å². The maximum absolute atomic E-state index is 6.07. The van der Waals surface area contributed by atoms with Crippen LogP contribution in [-0.4, -0.2) is 30.4 Å². The maximum Gasteiger partial charge on any atom is 0.125 e. The molecule has 0 atom stereocenters. The third kappa shape index (κ3) is 5.33. The summed E-state index contributed by atoms with van der Waals surface area (Å²) in [7, 11) is 0. The summed E-state index contributed by atoms with van der Waals surface area (Å²) >= 11 is 0. The molecule has 1 fully saturated rings. The number of anilines is 1. The van der Waals surface area contributed by atoms with Crippen molar-refractivity contribution in [3.63, 3.8) is 0 Å². The smallest absolute Gasteiger partial charge is 0.125 e. The number of nitrogens with zero attached hydrogens (tertiary/aromatic N) is 2. The van der Waals surface area contributed by atoms with Crippen LogP contribution >= 0.6 is 0 Å². The predicted molar refractivity (Wildman–Crippen MR) is 106 cm³/mol. The molecule has 0 unspecified atom stereocenters. The van der Waals surface area contributed by atoms with Gasteiger partial charge in [0.05, 0.1) is 0 Å². The first kappa shape index (κ1) is 17.5. The molecule has 1 heterocycles. The molecule has 25 heavy (non-hydrogen) atoms. The van der Waals surface area contributed by atoms with Crippen molar-refractivity contribution in [1.29, 1.82) is 0 Å². The molecule has 0 bridgehead atoms. The Morgan fingerprint density at radius 3 is 2.52 bits per heavy atom. The minimum absolute atomic E-state index is 0.591. The van der Waals surface area contributed by atoms with Crippen LogP contribution in [0.1, 0.15) is 30.4 Å². The van der Waals surface area contributed by atoms with Crippen LogP contribution in [0.5, 0.6) is 0 Å². The molecule has 1 aliphatic heterocycles. The normalized spacial score (nSPS) is 16.9. The van der Waals surface area contributed by atoms with E-state index in [9.17, 15) is 0 Å². The van der Waals surface area contributed by atoms with Crippen molar-refractivity contribution in [2.45, 2.75) is 25.8 Å². The summed E-state index contributed by atoms with van der Waals surface area (Å²) in [6, 6.07) is 18.3. The number of amidine groups is 1. The van der Waals surface area contributed by atoms with E-state index in [4.69, 9.17) is 11.5 Å². The summed E-state index contributed by atoms with van der Waals surface area (Å²) in [5.74, 6) is 1.35. The van der Waals surface area contributed by atoms with Gasteiger partial charge in [-0.05, 0) is 56.0 Å². The summed E-state index contributed by atoms with van der Waals surface area (Å²) < 4.78 is 0. The Hall–Kier alpha value is -2.33. The summed E-state index contributed by atoms with van der Waals surface area (Å²) in [5, 5.41) is 0. The molecule has 0 radical (unpaired) electrons. The largest absolute Gasteiger partial charge is 0.399 e. The van der Waals surface area contributed by atoms with E-state index in [1.54, 1.807) is 0 Å². The highest BCUT2D eigenvalue weighted by molar-refractivity contribution is 5.98. The van der Waals surface area contributed by atoms with Gasteiger partial charge in [-0.3, -0.25) is 9.89 Å². The zero-order valence-electron chi connectivity index (χ0n) is 14.8. The van der Waals surface area contributed by atoms with E-state index >= 15 is 0 Å². The molecule has 0 amide bonds. The van der Waals surface area contributed by atoms with Gasteiger partial charge in [0, 0.05) is 24.3 Å². The Kier molecular flexibility index (Phi) is 6.07. The van der Waals surface area contributed by atoms with E-state index in [-0.39, 0.29) is 0 Å². The van der Waals surface area contributed by atoms with Gasteiger partial charge in [0.25, 0.3) is 0 Å². The number of piperidine rings is 1. The topological polar surface area (TPSA) is 67.6 Å².